The molecule has 0 fully saturated rings. The molecule has 1 aliphatic rings. The Morgan fingerprint density at radius 1 is 2.00 bits per heavy atom. The highest BCUT2D eigenvalue weighted by atomic mass is 32.8. The molecule has 0 aromatic heterocycles. The van der Waals surface area contributed by atoms with Crippen LogP contribution in [0, 0.1) is 0 Å². The minimum atomic E-state index is 0.0818. The Morgan fingerprint density at radius 2 is 2.83 bits per heavy atom. The van der Waals surface area contributed by atoms with Crippen molar-refractivity contribution in [2.24, 2.45) is 4.40 Å². The average molecular weight is 137 g/mol. The van der Waals surface area contributed by atoms with Gasteiger partial charge in [0.1, 0.15) is 0 Å². The molecule has 0 amide bonds. The molecule has 1 nitrogen and oxygen atoms in total. The van der Waals surface area contributed by atoms with Crippen molar-refractivity contribution in [2.45, 2.75) is 0 Å². The van der Waals surface area contributed by atoms with Crippen molar-refractivity contribution in [2.75, 3.05) is 5.08 Å². The lowest BCUT2D eigenvalue weighted by Gasteiger charge is -1.74. The molecular weight excluding hydrogens is 134 g/mol. The highest BCUT2D eigenvalue weighted by Gasteiger charge is 1.94. The Hall–Kier alpha value is 0.590. The Bertz CT molecular complexity index is 97.0. The Labute approximate surface area is 48.0 Å². The molecule has 0 radical (unpaired) electrons. The van der Waals surface area contributed by atoms with Crippen LogP contribution in [-0.4, -0.2) is 10.6 Å². The zero-order valence-corrected chi connectivity index (χ0v) is 5.41. The summed E-state index contributed by atoms with van der Waals surface area (Å²) in [4.78, 5) is 0. The van der Waals surface area contributed by atoms with E-state index in [1.54, 1.807) is 11.9 Å². The van der Waals surface area contributed by atoms with E-state index in [2.05, 4.69) is 4.40 Å². The summed E-state index contributed by atoms with van der Waals surface area (Å²) < 4.78 is 3.86. The van der Waals surface area contributed by atoms with E-state index in [1.807, 2.05) is 5.55 Å². The highest BCUT2D eigenvalue weighted by Crippen LogP contribution is 2.09. The lowest BCUT2D eigenvalue weighted by Crippen LogP contribution is -1.80. The molecule has 1 atom stereocenters. The molecule has 0 aromatic carbocycles. The van der Waals surface area contributed by atoms with Gasteiger partial charge in [0.25, 0.3) is 0 Å². The topological polar surface area (TPSA) is 12.4 Å². The number of hydrogen-bond donors (Lipinski definition) is 0. The third-order valence-corrected chi connectivity index (χ3v) is 3.61. The maximum atomic E-state index is 4.86. The first kappa shape index (κ1) is 4.74. The van der Waals surface area contributed by atoms with Gasteiger partial charge < -0.3 is 0 Å². The van der Waals surface area contributed by atoms with E-state index in [1.165, 1.54) is 0 Å². The Kier molecular flexibility index (Phi) is 1.62. The van der Waals surface area contributed by atoms with Crippen LogP contribution >= 0.6 is 11.9 Å². The third-order valence-electron chi connectivity index (χ3n) is 0.404. The molecule has 6 heavy (non-hydrogen) atoms. The summed E-state index contributed by atoms with van der Waals surface area (Å²) in [6, 6.07) is 0. The monoisotopic (exact) mass is 137 g/mol. The summed E-state index contributed by atoms with van der Waals surface area (Å²) in [6.45, 7) is 0. The van der Waals surface area contributed by atoms with Gasteiger partial charge in [0, 0.05) is 0 Å². The fourth-order valence-corrected chi connectivity index (χ4v) is 2.42. The van der Waals surface area contributed by atoms with Crippen LogP contribution in [0.3, 0.4) is 0 Å². The lowest BCUT2D eigenvalue weighted by atomic mass is 11.7. The quantitative estimate of drug-likeness (QED) is 0.456. The van der Waals surface area contributed by atoms with E-state index in [9.17, 15) is 0 Å². The fourth-order valence-electron chi connectivity index (χ4n) is 0.191. The predicted octanol–water partition coefficient (Wildman–Crippen LogP) is 0.714. The molecule has 1 unspecified atom stereocenters. The van der Waals surface area contributed by atoms with Crippen molar-refractivity contribution < 1.29 is 0 Å². The van der Waals surface area contributed by atoms with Gasteiger partial charge in [-0.05, 0) is 23.1 Å². The molecule has 1 rings (SSSR count). The summed E-state index contributed by atoms with van der Waals surface area (Å²) >= 11 is 6.42. The summed E-state index contributed by atoms with van der Waals surface area (Å²) in [5.41, 5.74) is 1.83. The van der Waals surface area contributed by atoms with Crippen molar-refractivity contribution in [1.29, 1.82) is 0 Å². The van der Waals surface area contributed by atoms with Crippen molar-refractivity contribution in [1.82, 2.24) is 0 Å². The maximum Gasteiger partial charge on any atom is 0.0732 e. The van der Waals surface area contributed by atoms with E-state index in [4.69, 9.17) is 11.2 Å². The molecule has 1 aliphatic heterocycles. The minimum absolute atomic E-state index is 0.0818. The highest BCUT2D eigenvalue weighted by molar-refractivity contribution is 8.42. The molecule has 0 aromatic rings. The van der Waals surface area contributed by atoms with Crippen LogP contribution in [0.5, 0.6) is 0 Å². The van der Waals surface area contributed by atoms with E-state index >= 15 is 0 Å². The van der Waals surface area contributed by atoms with E-state index in [0.29, 0.717) is 0 Å². The first-order chi connectivity index (χ1) is 2.89. The van der Waals surface area contributed by atoms with Gasteiger partial charge in [-0.3, -0.25) is 0 Å². The molecule has 34 valence electrons. The van der Waals surface area contributed by atoms with Crippen molar-refractivity contribution >= 4 is 38.1 Å². The van der Waals surface area contributed by atoms with E-state index in [0.717, 1.165) is 5.08 Å². The molecule has 0 N–H and O–H groups in total. The summed E-state index contributed by atoms with van der Waals surface area (Å²) in [6.07, 6.45) is 0. The van der Waals surface area contributed by atoms with Crippen LogP contribution in [-0.2, 0) is 20.6 Å². The first-order valence-corrected chi connectivity index (χ1v) is 4.75. The second-order valence-corrected chi connectivity index (χ2v) is 4.51. The summed E-state index contributed by atoms with van der Waals surface area (Å²) in [5.74, 6) is 0. The molecule has 1 heterocycles. The fraction of sp³-hybridized carbons (Fsp3) is 0.500. The lowest BCUT2D eigenvalue weighted by molar-refractivity contribution is 2.02. The van der Waals surface area contributed by atoms with Crippen molar-refractivity contribution in [3.05, 3.63) is 0 Å². The number of rotatable bonds is 0. The van der Waals surface area contributed by atoms with Crippen molar-refractivity contribution in [3.8, 4) is 0 Å². The van der Waals surface area contributed by atoms with E-state index < -0.39 is 0 Å². The van der Waals surface area contributed by atoms with Gasteiger partial charge in [-0.1, -0.05) is 9.45 Å². The van der Waals surface area contributed by atoms with Gasteiger partial charge in [0.2, 0.25) is 0 Å². The molecule has 0 saturated carbocycles. The Morgan fingerprint density at radius 3 is 3.00 bits per heavy atom. The summed E-state index contributed by atoms with van der Waals surface area (Å²) in [7, 11) is 0.0818. The molecular formula is C2H3NS3. The molecule has 4 heteroatoms. The number of nitrogens with zero attached hydrogens (tertiary/aromatic N) is 1. The maximum absolute atomic E-state index is 4.86. The van der Waals surface area contributed by atoms with Crippen LogP contribution < -0.4 is 0 Å². The molecule has 0 aliphatic carbocycles. The van der Waals surface area contributed by atoms with Gasteiger partial charge in [0.15, 0.2) is 0 Å². The largest absolute Gasteiger partial charge is 0.217 e. The van der Waals surface area contributed by atoms with Crippen LogP contribution in [0.15, 0.2) is 4.40 Å². The van der Waals surface area contributed by atoms with Crippen LogP contribution in [0.25, 0.3) is 0 Å². The predicted molar refractivity (Wildman–Crippen MR) is 35.7 cm³/mol. The molecule has 0 saturated heterocycles. The van der Waals surface area contributed by atoms with Gasteiger partial charge in [-0.25, -0.2) is 4.40 Å². The molecule has 0 bridgehead atoms. The van der Waals surface area contributed by atoms with E-state index in [-0.39, 0.29) is 9.45 Å². The zero-order chi connectivity index (χ0) is 4.41. The minimum Gasteiger partial charge on any atom is -0.217 e. The van der Waals surface area contributed by atoms with Crippen LogP contribution in [0.4, 0.5) is 0 Å². The van der Waals surface area contributed by atoms with Gasteiger partial charge in [-0.15, -0.1) is 0 Å². The second-order valence-electron chi connectivity index (χ2n) is 0.839. The standard InChI is InChI=1S/C2H3NS3/c4-6-1-3-5-2-6/h1H,2H2. The van der Waals surface area contributed by atoms with Crippen LogP contribution in [0.2, 0.25) is 0 Å². The molecule has 0 spiro atoms. The Balaban J connectivity index is 2.59. The van der Waals surface area contributed by atoms with Gasteiger partial charge in [-0.2, -0.15) is 0 Å². The smallest absolute Gasteiger partial charge is 0.0732 e. The first-order valence-electron chi connectivity index (χ1n) is 1.42. The van der Waals surface area contributed by atoms with Gasteiger partial charge in [0.05, 0.1) is 10.6 Å². The second kappa shape index (κ2) is 2.04. The van der Waals surface area contributed by atoms with Crippen LogP contribution in [0.1, 0.15) is 0 Å². The summed E-state index contributed by atoms with van der Waals surface area (Å²) in [5, 5.41) is 1.02. The zero-order valence-electron chi connectivity index (χ0n) is 2.96. The van der Waals surface area contributed by atoms with Gasteiger partial charge >= 0.3 is 0 Å². The normalized spacial score (nSPS) is 31.7. The average Bonchev–Trinajstić information content (AvgIpc) is 1.86. The number of hydrogen-bond acceptors (Lipinski definition) is 3. The SMILES string of the molecule is S=S1C=NSC1. The third kappa shape index (κ3) is 1.03. The van der Waals surface area contributed by atoms with Crippen molar-refractivity contribution in [3.63, 3.8) is 0 Å².